The molecule has 0 atom stereocenters. The molecule has 0 aliphatic rings. The molecule has 36 heavy (non-hydrogen) atoms. The molecule has 9 heteroatoms. The van der Waals surface area contributed by atoms with Crippen LogP contribution in [0.3, 0.4) is 0 Å². The number of anilines is 2. The van der Waals surface area contributed by atoms with E-state index in [1.54, 1.807) is 37.5 Å². The Balaban J connectivity index is 1.58. The molecule has 0 aliphatic carbocycles. The molecule has 0 aliphatic heterocycles. The molecule has 5 aromatic rings. The fraction of sp³-hybridized carbons (Fsp3) is 0.185. The highest BCUT2D eigenvalue weighted by molar-refractivity contribution is 5.83. The minimum Gasteiger partial charge on any atom is -0.497 e. The van der Waals surface area contributed by atoms with Gasteiger partial charge >= 0.3 is 0 Å². The van der Waals surface area contributed by atoms with Crippen LogP contribution in [0.2, 0.25) is 0 Å². The average molecular weight is 480 g/mol. The van der Waals surface area contributed by atoms with Crippen molar-refractivity contribution in [2.45, 2.75) is 0 Å². The molecule has 0 fully saturated rings. The van der Waals surface area contributed by atoms with Crippen molar-refractivity contribution < 1.29 is 9.47 Å². The van der Waals surface area contributed by atoms with Crippen molar-refractivity contribution in [2.24, 2.45) is 14.1 Å². The summed E-state index contributed by atoms with van der Waals surface area (Å²) in [6, 6.07) is 11.7. The van der Waals surface area contributed by atoms with E-state index < -0.39 is 0 Å². The van der Waals surface area contributed by atoms with E-state index >= 15 is 0 Å². The van der Waals surface area contributed by atoms with Crippen molar-refractivity contribution in [2.75, 3.05) is 25.7 Å². The summed E-state index contributed by atoms with van der Waals surface area (Å²) in [6.45, 7) is 0.407. The molecule has 2 aromatic carbocycles. The van der Waals surface area contributed by atoms with Crippen molar-refractivity contribution in [3.8, 4) is 34.6 Å². The summed E-state index contributed by atoms with van der Waals surface area (Å²) in [7, 11) is 7.07. The lowest BCUT2D eigenvalue weighted by Gasteiger charge is -2.24. The second-order valence-corrected chi connectivity index (χ2v) is 8.15. The van der Waals surface area contributed by atoms with E-state index in [1.165, 1.54) is 0 Å². The number of nitrogens with zero attached hydrogens (tertiary/aromatic N) is 7. The molecular formula is C27H25N7O2. The van der Waals surface area contributed by atoms with Crippen LogP contribution >= 0.6 is 0 Å². The van der Waals surface area contributed by atoms with Gasteiger partial charge in [-0.1, -0.05) is 5.92 Å². The van der Waals surface area contributed by atoms with Gasteiger partial charge in [0.25, 0.3) is 0 Å². The maximum atomic E-state index is 5.51. The van der Waals surface area contributed by atoms with E-state index in [2.05, 4.69) is 31.8 Å². The first-order chi connectivity index (χ1) is 17.5. The summed E-state index contributed by atoms with van der Waals surface area (Å²) in [5.74, 6) is 8.47. The summed E-state index contributed by atoms with van der Waals surface area (Å²) in [5, 5.41) is 4.25. The van der Waals surface area contributed by atoms with Gasteiger partial charge in [-0.2, -0.15) is 5.10 Å². The van der Waals surface area contributed by atoms with Gasteiger partial charge in [-0.3, -0.25) is 9.67 Å². The Kier molecular flexibility index (Phi) is 6.24. The maximum Gasteiger partial charge on any atom is 0.185 e. The van der Waals surface area contributed by atoms with Crippen molar-refractivity contribution in [3.63, 3.8) is 0 Å². The van der Waals surface area contributed by atoms with Crippen LogP contribution in [0.1, 0.15) is 5.82 Å². The van der Waals surface area contributed by atoms with Crippen molar-refractivity contribution in [3.05, 3.63) is 73.2 Å². The molecular weight excluding hydrogens is 454 g/mol. The lowest BCUT2D eigenvalue weighted by Crippen LogP contribution is -2.17. The van der Waals surface area contributed by atoms with Gasteiger partial charge in [0.1, 0.15) is 11.5 Å². The van der Waals surface area contributed by atoms with Gasteiger partial charge in [0.15, 0.2) is 5.82 Å². The minimum absolute atomic E-state index is 0.407. The standard InChI is InChI=1S/C27H25N7O2/c1-32-11-9-28-27(32)6-5-10-34(21-12-22(35-3)15-23(13-21)36-4)20-7-8-24-25(14-20)31-26(17-29-24)19-16-30-33(2)18-19/h7-9,11-18H,10H2,1-4H3. The third-order valence-electron chi connectivity index (χ3n) is 5.74. The van der Waals surface area contributed by atoms with Gasteiger partial charge in [0, 0.05) is 67.8 Å². The Labute approximate surface area is 209 Å². The first-order valence-electron chi connectivity index (χ1n) is 11.3. The molecule has 0 spiro atoms. The lowest BCUT2D eigenvalue weighted by atomic mass is 10.2. The number of rotatable bonds is 6. The topological polar surface area (TPSA) is 83.1 Å². The fourth-order valence-electron chi connectivity index (χ4n) is 3.82. The molecule has 0 saturated heterocycles. The zero-order valence-electron chi connectivity index (χ0n) is 20.5. The number of aromatic nitrogens is 6. The quantitative estimate of drug-likeness (QED) is 0.341. The number of methoxy groups -OCH3 is 2. The van der Waals surface area contributed by atoms with Gasteiger partial charge in [-0.05, 0) is 24.1 Å². The molecule has 0 unspecified atom stereocenters. The molecule has 0 saturated carbocycles. The van der Waals surface area contributed by atoms with E-state index in [-0.39, 0.29) is 0 Å². The summed E-state index contributed by atoms with van der Waals surface area (Å²) < 4.78 is 14.7. The van der Waals surface area contributed by atoms with Gasteiger partial charge in [-0.25, -0.2) is 9.97 Å². The zero-order chi connectivity index (χ0) is 25.1. The Hall–Kier alpha value is -4.84. The minimum atomic E-state index is 0.407. The van der Waals surface area contributed by atoms with E-state index in [0.29, 0.717) is 23.9 Å². The highest BCUT2D eigenvalue weighted by Crippen LogP contribution is 2.34. The Morgan fingerprint density at radius 1 is 0.917 bits per heavy atom. The monoisotopic (exact) mass is 479 g/mol. The highest BCUT2D eigenvalue weighted by atomic mass is 16.5. The third-order valence-corrected chi connectivity index (χ3v) is 5.74. The van der Waals surface area contributed by atoms with Crippen LogP contribution in [0.15, 0.2) is 67.4 Å². The van der Waals surface area contributed by atoms with Gasteiger partial charge in [0.2, 0.25) is 0 Å². The first kappa shape index (κ1) is 22.9. The summed E-state index contributed by atoms with van der Waals surface area (Å²) in [4.78, 5) is 15.8. The molecule has 0 bridgehead atoms. The zero-order valence-corrected chi connectivity index (χ0v) is 20.5. The smallest absolute Gasteiger partial charge is 0.185 e. The number of fused-ring (bicyclic) bond motifs is 1. The van der Waals surface area contributed by atoms with Crippen molar-refractivity contribution in [1.82, 2.24) is 29.3 Å². The van der Waals surface area contributed by atoms with E-state index in [9.17, 15) is 0 Å². The Morgan fingerprint density at radius 3 is 2.39 bits per heavy atom. The summed E-state index contributed by atoms with van der Waals surface area (Å²) >= 11 is 0. The van der Waals surface area contributed by atoms with Crippen LogP contribution in [-0.4, -0.2) is 50.1 Å². The van der Waals surface area contributed by atoms with Crippen LogP contribution < -0.4 is 14.4 Å². The van der Waals surface area contributed by atoms with E-state index in [4.69, 9.17) is 14.5 Å². The van der Waals surface area contributed by atoms with Gasteiger partial charge < -0.3 is 18.9 Å². The Morgan fingerprint density at radius 2 is 1.72 bits per heavy atom. The number of benzene rings is 2. The van der Waals surface area contributed by atoms with E-state index in [1.807, 2.05) is 67.5 Å². The SMILES string of the molecule is COc1cc(OC)cc(N(CC#Cc2nccn2C)c2ccc3ncc(-c4cnn(C)c4)nc3c2)c1. The van der Waals surface area contributed by atoms with Crippen LogP contribution in [0.4, 0.5) is 11.4 Å². The summed E-state index contributed by atoms with van der Waals surface area (Å²) in [6.07, 6.45) is 9.07. The number of hydrogen-bond donors (Lipinski definition) is 0. The lowest BCUT2D eigenvalue weighted by molar-refractivity contribution is 0.394. The predicted molar refractivity (Wildman–Crippen MR) is 138 cm³/mol. The largest absolute Gasteiger partial charge is 0.497 e. The summed E-state index contributed by atoms with van der Waals surface area (Å²) in [5.41, 5.74) is 5.02. The molecule has 0 amide bonds. The maximum absolute atomic E-state index is 5.51. The fourth-order valence-corrected chi connectivity index (χ4v) is 3.82. The Bertz CT molecular complexity index is 1570. The number of imidazole rings is 1. The normalized spacial score (nSPS) is 10.7. The third kappa shape index (κ3) is 4.70. The number of hydrogen-bond acceptors (Lipinski definition) is 7. The average Bonchev–Trinajstić information content (AvgIpc) is 3.53. The molecule has 180 valence electrons. The molecule has 3 aromatic heterocycles. The number of aryl methyl sites for hydroxylation is 2. The van der Waals surface area contributed by atoms with Gasteiger partial charge in [-0.15, -0.1) is 0 Å². The van der Waals surface area contributed by atoms with Crippen molar-refractivity contribution >= 4 is 22.4 Å². The van der Waals surface area contributed by atoms with E-state index in [0.717, 1.165) is 33.7 Å². The van der Waals surface area contributed by atoms with Crippen LogP contribution in [0.5, 0.6) is 11.5 Å². The predicted octanol–water partition coefficient (Wildman–Crippen LogP) is 3.97. The van der Waals surface area contributed by atoms with Crippen LogP contribution in [-0.2, 0) is 14.1 Å². The second-order valence-electron chi connectivity index (χ2n) is 8.15. The molecule has 0 N–H and O–H groups in total. The molecule has 0 radical (unpaired) electrons. The van der Waals surface area contributed by atoms with Gasteiger partial charge in [0.05, 0.1) is 49.9 Å². The highest BCUT2D eigenvalue weighted by Gasteiger charge is 2.14. The van der Waals surface area contributed by atoms with Crippen LogP contribution in [0, 0.1) is 11.8 Å². The molecule has 5 rings (SSSR count). The molecule has 9 nitrogen and oxygen atoms in total. The van der Waals surface area contributed by atoms with Crippen LogP contribution in [0.25, 0.3) is 22.3 Å². The first-order valence-corrected chi connectivity index (χ1v) is 11.3. The molecule has 3 heterocycles. The second kappa shape index (κ2) is 9.80. The van der Waals surface area contributed by atoms with Crippen molar-refractivity contribution in [1.29, 1.82) is 0 Å². The number of ether oxygens (including phenoxy) is 2.